The summed E-state index contributed by atoms with van der Waals surface area (Å²) in [6.45, 7) is 0.598. The van der Waals surface area contributed by atoms with Crippen molar-refractivity contribution in [2.24, 2.45) is 0 Å². The minimum atomic E-state index is -0.262. The van der Waals surface area contributed by atoms with E-state index in [1.54, 1.807) is 6.07 Å². The van der Waals surface area contributed by atoms with Gasteiger partial charge in [-0.05, 0) is 23.8 Å². The normalized spacial score (nSPS) is 21.0. The molecule has 1 atom stereocenters. The summed E-state index contributed by atoms with van der Waals surface area (Å²) in [4.78, 5) is 11.0. The van der Waals surface area contributed by atoms with Crippen molar-refractivity contribution in [3.05, 3.63) is 34.1 Å². The van der Waals surface area contributed by atoms with Crippen molar-refractivity contribution in [1.29, 1.82) is 0 Å². The summed E-state index contributed by atoms with van der Waals surface area (Å²) in [5.74, 6) is -0.138. The largest absolute Gasteiger partial charge is 0.355 e. The van der Waals surface area contributed by atoms with Crippen molar-refractivity contribution in [3.8, 4) is 0 Å². The van der Waals surface area contributed by atoms with Crippen LogP contribution >= 0.6 is 15.9 Å². The maximum atomic E-state index is 13.0. The fourth-order valence-corrected chi connectivity index (χ4v) is 2.22. The molecule has 4 heteroatoms. The van der Waals surface area contributed by atoms with Crippen LogP contribution in [0.5, 0.6) is 0 Å². The summed E-state index contributed by atoms with van der Waals surface area (Å²) < 4.78 is 13.8. The Labute approximate surface area is 89.6 Å². The van der Waals surface area contributed by atoms with Gasteiger partial charge in [0.25, 0.3) is 0 Å². The van der Waals surface area contributed by atoms with Crippen molar-refractivity contribution in [2.45, 2.75) is 12.3 Å². The van der Waals surface area contributed by atoms with Crippen LogP contribution in [0.3, 0.4) is 0 Å². The van der Waals surface area contributed by atoms with E-state index < -0.39 is 0 Å². The predicted molar refractivity (Wildman–Crippen MR) is 54.5 cm³/mol. The molecule has 1 aromatic carbocycles. The van der Waals surface area contributed by atoms with Gasteiger partial charge < -0.3 is 5.32 Å². The molecule has 0 bridgehead atoms. The Balaban J connectivity index is 2.31. The van der Waals surface area contributed by atoms with Crippen molar-refractivity contribution in [3.63, 3.8) is 0 Å². The summed E-state index contributed by atoms with van der Waals surface area (Å²) in [6, 6.07) is 4.56. The van der Waals surface area contributed by atoms with E-state index in [-0.39, 0.29) is 17.6 Å². The molecule has 1 amide bonds. The maximum absolute atomic E-state index is 13.0. The van der Waals surface area contributed by atoms with Gasteiger partial charge in [0.1, 0.15) is 5.82 Å². The number of hydrogen-bond donors (Lipinski definition) is 1. The van der Waals surface area contributed by atoms with Crippen molar-refractivity contribution in [1.82, 2.24) is 5.32 Å². The van der Waals surface area contributed by atoms with Gasteiger partial charge >= 0.3 is 0 Å². The first kappa shape index (κ1) is 9.65. The van der Waals surface area contributed by atoms with Crippen molar-refractivity contribution >= 4 is 21.8 Å². The molecule has 1 heterocycles. The standard InChI is InChI=1S/C10H9BrFNO/c11-9-2-1-7(12)4-8(9)6-3-10(14)13-5-6/h1-2,4,6H,3,5H2,(H,13,14). The topological polar surface area (TPSA) is 29.1 Å². The van der Waals surface area contributed by atoms with Crippen LogP contribution in [0.4, 0.5) is 4.39 Å². The Bertz CT molecular complexity index is 380. The second-order valence-corrected chi connectivity index (χ2v) is 4.23. The van der Waals surface area contributed by atoms with Gasteiger partial charge in [-0.2, -0.15) is 0 Å². The molecule has 2 rings (SSSR count). The van der Waals surface area contributed by atoms with Crippen LogP contribution in [0.15, 0.2) is 22.7 Å². The molecule has 1 aliphatic heterocycles. The number of rotatable bonds is 1. The van der Waals surface area contributed by atoms with E-state index in [0.29, 0.717) is 13.0 Å². The highest BCUT2D eigenvalue weighted by molar-refractivity contribution is 9.10. The number of halogens is 2. The first-order valence-electron chi connectivity index (χ1n) is 4.38. The zero-order valence-electron chi connectivity index (χ0n) is 7.39. The van der Waals surface area contributed by atoms with Gasteiger partial charge in [0.05, 0.1) is 0 Å². The SMILES string of the molecule is O=C1CC(c2cc(F)ccc2Br)CN1. The molecule has 74 valence electrons. The smallest absolute Gasteiger partial charge is 0.220 e. The van der Waals surface area contributed by atoms with Crippen LogP contribution in [-0.4, -0.2) is 12.5 Å². The first-order chi connectivity index (χ1) is 6.66. The Kier molecular flexibility index (Phi) is 2.54. The molecular formula is C10H9BrFNO. The second kappa shape index (κ2) is 3.69. The zero-order chi connectivity index (χ0) is 10.1. The average Bonchev–Trinajstić information content (AvgIpc) is 2.56. The van der Waals surface area contributed by atoms with E-state index >= 15 is 0 Å². The van der Waals surface area contributed by atoms with E-state index in [4.69, 9.17) is 0 Å². The third-order valence-corrected chi connectivity index (χ3v) is 3.10. The lowest BCUT2D eigenvalue weighted by molar-refractivity contribution is -0.119. The van der Waals surface area contributed by atoms with Crippen LogP contribution in [-0.2, 0) is 4.79 Å². The molecule has 1 aromatic rings. The number of hydrogen-bond acceptors (Lipinski definition) is 1. The molecule has 1 N–H and O–H groups in total. The van der Waals surface area contributed by atoms with Crippen LogP contribution < -0.4 is 5.32 Å². The number of amides is 1. The molecule has 0 radical (unpaired) electrons. The molecule has 0 aliphatic carbocycles. The van der Waals surface area contributed by atoms with Gasteiger partial charge in [-0.3, -0.25) is 4.79 Å². The molecular weight excluding hydrogens is 249 g/mol. The molecule has 1 aliphatic rings. The average molecular weight is 258 g/mol. The highest BCUT2D eigenvalue weighted by Crippen LogP contribution is 2.30. The summed E-state index contributed by atoms with van der Waals surface area (Å²) in [6.07, 6.45) is 0.446. The summed E-state index contributed by atoms with van der Waals surface area (Å²) in [5, 5.41) is 2.73. The highest BCUT2D eigenvalue weighted by atomic mass is 79.9. The quantitative estimate of drug-likeness (QED) is 0.821. The number of carbonyl (C=O) groups is 1. The number of benzene rings is 1. The van der Waals surface area contributed by atoms with Crippen LogP contribution in [0.1, 0.15) is 17.9 Å². The monoisotopic (exact) mass is 257 g/mol. The molecule has 1 unspecified atom stereocenters. The molecule has 0 aromatic heterocycles. The highest BCUT2D eigenvalue weighted by Gasteiger charge is 2.24. The van der Waals surface area contributed by atoms with E-state index in [1.807, 2.05) is 0 Å². The zero-order valence-corrected chi connectivity index (χ0v) is 8.97. The van der Waals surface area contributed by atoms with E-state index in [9.17, 15) is 9.18 Å². The Hall–Kier alpha value is -0.900. The van der Waals surface area contributed by atoms with Crippen molar-refractivity contribution < 1.29 is 9.18 Å². The molecule has 14 heavy (non-hydrogen) atoms. The molecule has 1 fully saturated rings. The Morgan fingerprint density at radius 3 is 2.93 bits per heavy atom. The fraction of sp³-hybridized carbons (Fsp3) is 0.300. The van der Waals surface area contributed by atoms with Gasteiger partial charge in [0.15, 0.2) is 0 Å². The van der Waals surface area contributed by atoms with Crippen molar-refractivity contribution in [2.75, 3.05) is 6.54 Å². The van der Waals surface area contributed by atoms with E-state index in [2.05, 4.69) is 21.2 Å². The summed E-state index contributed by atoms with van der Waals surface area (Å²) in [7, 11) is 0. The first-order valence-corrected chi connectivity index (χ1v) is 5.18. The lowest BCUT2D eigenvalue weighted by Gasteiger charge is -2.09. The molecule has 0 spiro atoms. The van der Waals surface area contributed by atoms with E-state index in [0.717, 1.165) is 10.0 Å². The number of carbonyl (C=O) groups excluding carboxylic acids is 1. The predicted octanol–water partition coefficient (Wildman–Crippen LogP) is 2.19. The minimum absolute atomic E-state index is 0.0335. The number of nitrogens with one attached hydrogen (secondary N) is 1. The van der Waals surface area contributed by atoms with Gasteiger partial charge in [-0.1, -0.05) is 15.9 Å². The van der Waals surface area contributed by atoms with Gasteiger partial charge in [-0.15, -0.1) is 0 Å². The lowest BCUT2D eigenvalue weighted by atomic mass is 9.98. The van der Waals surface area contributed by atoms with Crippen LogP contribution in [0.2, 0.25) is 0 Å². The second-order valence-electron chi connectivity index (χ2n) is 3.37. The third kappa shape index (κ3) is 1.80. The maximum Gasteiger partial charge on any atom is 0.220 e. The Morgan fingerprint density at radius 1 is 1.50 bits per heavy atom. The van der Waals surface area contributed by atoms with Crippen LogP contribution in [0.25, 0.3) is 0 Å². The van der Waals surface area contributed by atoms with E-state index in [1.165, 1.54) is 12.1 Å². The molecule has 1 saturated heterocycles. The van der Waals surface area contributed by atoms with Crippen LogP contribution in [0, 0.1) is 5.82 Å². The third-order valence-electron chi connectivity index (χ3n) is 2.38. The molecule has 0 saturated carbocycles. The minimum Gasteiger partial charge on any atom is -0.355 e. The van der Waals surface area contributed by atoms with Gasteiger partial charge in [-0.25, -0.2) is 4.39 Å². The summed E-state index contributed by atoms with van der Waals surface area (Å²) in [5.41, 5.74) is 0.864. The summed E-state index contributed by atoms with van der Waals surface area (Å²) >= 11 is 3.35. The van der Waals surface area contributed by atoms with Gasteiger partial charge in [0, 0.05) is 23.4 Å². The fourth-order valence-electron chi connectivity index (χ4n) is 1.65. The lowest BCUT2D eigenvalue weighted by Crippen LogP contribution is -2.13. The molecule has 2 nitrogen and oxygen atoms in total. The Morgan fingerprint density at radius 2 is 2.29 bits per heavy atom. The van der Waals surface area contributed by atoms with Gasteiger partial charge in [0.2, 0.25) is 5.91 Å².